The fourth-order valence-electron chi connectivity index (χ4n) is 4.34. The zero-order chi connectivity index (χ0) is 25.1. The van der Waals surface area contributed by atoms with Crippen LogP contribution in [0.2, 0.25) is 5.02 Å². The summed E-state index contributed by atoms with van der Waals surface area (Å²) in [6.45, 7) is 1.86. The Bertz CT molecular complexity index is 1260. The summed E-state index contributed by atoms with van der Waals surface area (Å²) >= 11 is 6.26. The second kappa shape index (κ2) is 10.4. The number of benzene rings is 1. The summed E-state index contributed by atoms with van der Waals surface area (Å²) < 4.78 is 16.7. The number of hydrogen-bond acceptors (Lipinski definition) is 8. The summed E-state index contributed by atoms with van der Waals surface area (Å²) in [5, 5.41) is 24.7. The van der Waals surface area contributed by atoms with Gasteiger partial charge < -0.3 is 21.5 Å². The molecule has 1 amide bonds. The van der Waals surface area contributed by atoms with Crippen molar-refractivity contribution < 1.29 is 14.3 Å². The Morgan fingerprint density at radius 1 is 1.37 bits per heavy atom. The van der Waals surface area contributed by atoms with E-state index in [1.54, 1.807) is 6.20 Å². The Labute approximate surface area is 206 Å². The normalized spacial score (nSPS) is 18.7. The number of nitrogens with zero attached hydrogens (tertiary/aromatic N) is 5. The molecule has 1 atom stereocenters. The van der Waals surface area contributed by atoms with E-state index in [2.05, 4.69) is 25.6 Å². The monoisotopic (exact) mass is 500 g/mol. The molecule has 0 aliphatic heterocycles. The van der Waals surface area contributed by atoms with Gasteiger partial charge in [-0.05, 0) is 44.2 Å². The van der Waals surface area contributed by atoms with Gasteiger partial charge in [0.15, 0.2) is 5.65 Å². The van der Waals surface area contributed by atoms with Crippen molar-refractivity contribution in [2.75, 3.05) is 17.2 Å². The van der Waals surface area contributed by atoms with Gasteiger partial charge >= 0.3 is 0 Å². The molecular formula is C23H26ClFN8O2. The average molecular weight is 501 g/mol. The fraction of sp³-hybridized carbons (Fsp3) is 0.435. The Kier molecular flexibility index (Phi) is 7.33. The summed E-state index contributed by atoms with van der Waals surface area (Å²) in [6.07, 6.45) is 4.77. The van der Waals surface area contributed by atoms with Gasteiger partial charge in [-0.2, -0.15) is 10.2 Å². The van der Waals surface area contributed by atoms with Gasteiger partial charge in [0.2, 0.25) is 17.8 Å². The van der Waals surface area contributed by atoms with Crippen LogP contribution in [0, 0.1) is 23.1 Å². The standard InChI is InChI=1S/C23H26ClFN8O2/c1-2-14(11-34)29-22-28-10-18-21(32-22)33(15-5-3-13(4-6-15)20(27)35)23(30-18)31-19-16(24)7-12(9-26)8-17(19)25/h7-8,10,13-15,34H,2-6,11H2,1H3,(H2,27,35)(H,30,31)(H,28,29,32)/t13?,14-,15?/m0/s1. The zero-order valence-electron chi connectivity index (χ0n) is 19.1. The number of anilines is 3. The predicted octanol–water partition coefficient (Wildman–Crippen LogP) is 3.63. The second-order valence-electron chi connectivity index (χ2n) is 8.60. The number of amides is 1. The second-order valence-corrected chi connectivity index (χ2v) is 9.01. The number of nitrogens with two attached hydrogens (primary N) is 1. The van der Waals surface area contributed by atoms with E-state index in [1.807, 2.05) is 17.6 Å². The van der Waals surface area contributed by atoms with Crippen LogP contribution in [0.4, 0.5) is 22.0 Å². The molecule has 0 radical (unpaired) electrons. The molecule has 10 nitrogen and oxygen atoms in total. The number of aliphatic hydroxyl groups excluding tert-OH is 1. The number of carbonyl (C=O) groups excluding carboxylic acids is 1. The average Bonchev–Trinajstić information content (AvgIpc) is 3.21. The van der Waals surface area contributed by atoms with Crippen LogP contribution in [0.15, 0.2) is 18.3 Å². The molecule has 1 aromatic carbocycles. The molecule has 4 rings (SSSR count). The SMILES string of the molecule is CC[C@@H](CO)Nc1ncc2nc(Nc3c(F)cc(C#N)cc3Cl)n(C3CCC(C(N)=O)CC3)c2n1. The highest BCUT2D eigenvalue weighted by molar-refractivity contribution is 6.33. The Balaban J connectivity index is 1.77. The van der Waals surface area contributed by atoms with E-state index in [0.717, 1.165) is 6.07 Å². The van der Waals surface area contributed by atoms with Crippen LogP contribution in [0.5, 0.6) is 0 Å². The van der Waals surface area contributed by atoms with Gasteiger partial charge in [-0.15, -0.1) is 0 Å². The summed E-state index contributed by atoms with van der Waals surface area (Å²) in [5.74, 6) is -0.544. The minimum absolute atomic E-state index is 0.00863. The van der Waals surface area contributed by atoms with Gasteiger partial charge in [-0.3, -0.25) is 9.36 Å². The van der Waals surface area contributed by atoms with Crippen molar-refractivity contribution in [2.24, 2.45) is 11.7 Å². The van der Waals surface area contributed by atoms with Crippen LogP contribution in [0.3, 0.4) is 0 Å². The van der Waals surface area contributed by atoms with Gasteiger partial charge in [-0.25, -0.2) is 14.4 Å². The topological polar surface area (TPSA) is 155 Å². The third-order valence-electron chi connectivity index (χ3n) is 6.35. The summed E-state index contributed by atoms with van der Waals surface area (Å²) in [6, 6.07) is 4.06. The van der Waals surface area contributed by atoms with E-state index in [4.69, 9.17) is 22.6 Å². The van der Waals surface area contributed by atoms with E-state index in [9.17, 15) is 14.3 Å². The maximum atomic E-state index is 14.8. The molecule has 2 heterocycles. The molecule has 2 aromatic heterocycles. The number of hydrogen-bond donors (Lipinski definition) is 4. The predicted molar refractivity (Wildman–Crippen MR) is 130 cm³/mol. The third kappa shape index (κ3) is 5.13. The largest absolute Gasteiger partial charge is 0.394 e. The van der Waals surface area contributed by atoms with Crippen LogP contribution in [0.1, 0.15) is 50.6 Å². The van der Waals surface area contributed by atoms with E-state index in [0.29, 0.717) is 55.2 Å². The van der Waals surface area contributed by atoms with Gasteiger partial charge in [0.1, 0.15) is 11.3 Å². The van der Waals surface area contributed by atoms with Gasteiger partial charge in [0.05, 0.1) is 41.2 Å². The first-order valence-corrected chi connectivity index (χ1v) is 11.8. The van der Waals surface area contributed by atoms with E-state index in [-0.39, 0.29) is 46.8 Å². The van der Waals surface area contributed by atoms with Crippen molar-refractivity contribution in [3.8, 4) is 6.07 Å². The van der Waals surface area contributed by atoms with E-state index < -0.39 is 5.82 Å². The van der Waals surface area contributed by atoms with Crippen LogP contribution in [-0.4, -0.2) is 43.2 Å². The molecule has 0 unspecified atom stereocenters. The van der Waals surface area contributed by atoms with Gasteiger partial charge in [-0.1, -0.05) is 18.5 Å². The molecule has 1 saturated carbocycles. The van der Waals surface area contributed by atoms with Crippen LogP contribution < -0.4 is 16.4 Å². The lowest BCUT2D eigenvalue weighted by Crippen LogP contribution is -2.29. The molecule has 5 N–H and O–H groups in total. The van der Waals surface area contributed by atoms with Crippen molar-refractivity contribution in [2.45, 2.75) is 51.1 Å². The number of nitriles is 1. The van der Waals surface area contributed by atoms with Crippen molar-refractivity contribution in [1.82, 2.24) is 19.5 Å². The molecular weight excluding hydrogens is 475 g/mol. The molecule has 0 bridgehead atoms. The maximum absolute atomic E-state index is 14.8. The van der Waals surface area contributed by atoms with E-state index in [1.165, 1.54) is 6.07 Å². The molecule has 0 spiro atoms. The number of aliphatic hydroxyl groups is 1. The molecule has 3 aromatic rings. The molecule has 1 aliphatic carbocycles. The summed E-state index contributed by atoms with van der Waals surface area (Å²) in [4.78, 5) is 25.2. The summed E-state index contributed by atoms with van der Waals surface area (Å²) in [5.41, 5.74) is 6.60. The molecule has 1 fully saturated rings. The highest BCUT2D eigenvalue weighted by Crippen LogP contribution is 2.38. The van der Waals surface area contributed by atoms with Crippen molar-refractivity contribution in [3.05, 3.63) is 34.7 Å². The molecule has 12 heteroatoms. The zero-order valence-corrected chi connectivity index (χ0v) is 19.9. The molecule has 0 saturated heterocycles. The number of halogens is 2. The number of imidazole rings is 1. The quantitative estimate of drug-likeness (QED) is 0.365. The van der Waals surface area contributed by atoms with Crippen LogP contribution in [0.25, 0.3) is 11.2 Å². The first-order valence-electron chi connectivity index (χ1n) is 11.4. The van der Waals surface area contributed by atoms with Gasteiger partial charge in [0, 0.05) is 12.0 Å². The first kappa shape index (κ1) is 24.6. The fourth-order valence-corrected chi connectivity index (χ4v) is 4.60. The van der Waals surface area contributed by atoms with Gasteiger partial charge in [0.25, 0.3) is 0 Å². The van der Waals surface area contributed by atoms with E-state index >= 15 is 0 Å². The molecule has 1 aliphatic rings. The minimum Gasteiger partial charge on any atom is -0.394 e. The van der Waals surface area contributed by atoms with Crippen LogP contribution >= 0.6 is 11.6 Å². The van der Waals surface area contributed by atoms with Crippen molar-refractivity contribution >= 4 is 46.3 Å². The third-order valence-corrected chi connectivity index (χ3v) is 6.65. The number of carbonyl (C=O) groups is 1. The summed E-state index contributed by atoms with van der Waals surface area (Å²) in [7, 11) is 0. The number of nitrogens with one attached hydrogen (secondary N) is 2. The number of fused-ring (bicyclic) bond motifs is 1. The van der Waals surface area contributed by atoms with Crippen molar-refractivity contribution in [3.63, 3.8) is 0 Å². The molecule has 35 heavy (non-hydrogen) atoms. The molecule has 184 valence electrons. The lowest BCUT2D eigenvalue weighted by molar-refractivity contribution is -0.122. The Morgan fingerprint density at radius 3 is 2.71 bits per heavy atom. The number of aromatic nitrogens is 4. The Morgan fingerprint density at radius 2 is 2.11 bits per heavy atom. The highest BCUT2D eigenvalue weighted by atomic mass is 35.5. The number of rotatable bonds is 8. The highest BCUT2D eigenvalue weighted by Gasteiger charge is 2.29. The first-order chi connectivity index (χ1) is 16.8. The maximum Gasteiger partial charge on any atom is 0.225 e. The smallest absolute Gasteiger partial charge is 0.225 e. The number of primary amides is 1. The lowest BCUT2D eigenvalue weighted by Gasteiger charge is -2.29. The van der Waals surface area contributed by atoms with Crippen molar-refractivity contribution in [1.29, 1.82) is 5.26 Å². The Hall–Kier alpha value is -3.49. The lowest BCUT2D eigenvalue weighted by atomic mass is 9.85. The van der Waals surface area contributed by atoms with Crippen LogP contribution in [-0.2, 0) is 4.79 Å². The minimum atomic E-state index is -0.688.